The van der Waals surface area contributed by atoms with Crippen molar-refractivity contribution in [3.05, 3.63) is 35.9 Å². The van der Waals surface area contributed by atoms with Gasteiger partial charge >= 0.3 is 0 Å². The van der Waals surface area contributed by atoms with Crippen LogP contribution in [0.4, 0.5) is 0 Å². The highest BCUT2D eigenvalue weighted by atomic mass is 16.5. The Hall–Kier alpha value is -2.12. The lowest BCUT2D eigenvalue weighted by Crippen LogP contribution is -2.47. The van der Waals surface area contributed by atoms with E-state index in [1.165, 1.54) is 6.42 Å². The predicted octanol–water partition coefficient (Wildman–Crippen LogP) is 3.15. The number of nitrogens with two attached hydrogens (primary N) is 1. The molecule has 0 amide bonds. The van der Waals surface area contributed by atoms with Gasteiger partial charge in [-0.25, -0.2) is 4.98 Å². The molecule has 1 aliphatic rings. The summed E-state index contributed by atoms with van der Waals surface area (Å²) < 4.78 is 5.82. The molecule has 4 heteroatoms. The summed E-state index contributed by atoms with van der Waals surface area (Å²) in [6, 6.07) is 11.7. The molecule has 0 spiro atoms. The molecule has 1 fully saturated rings. The first-order valence-corrected chi connectivity index (χ1v) is 7.42. The van der Waals surface area contributed by atoms with Gasteiger partial charge in [0.05, 0.1) is 11.1 Å². The second-order valence-corrected chi connectivity index (χ2v) is 5.86. The fourth-order valence-electron chi connectivity index (χ4n) is 2.90. The Labute approximate surface area is 124 Å². The van der Waals surface area contributed by atoms with Gasteiger partial charge in [0.2, 0.25) is 5.88 Å². The van der Waals surface area contributed by atoms with Crippen molar-refractivity contribution in [2.24, 2.45) is 5.73 Å². The Balaban J connectivity index is 1.84. The van der Waals surface area contributed by atoms with Crippen LogP contribution in [0.2, 0.25) is 0 Å². The summed E-state index contributed by atoms with van der Waals surface area (Å²) in [5.74, 6) is 0.395. The summed E-state index contributed by atoms with van der Waals surface area (Å²) in [6.07, 6.45) is 5.49. The van der Waals surface area contributed by atoms with E-state index in [4.69, 9.17) is 10.5 Å². The van der Waals surface area contributed by atoms with E-state index < -0.39 is 0 Å². The van der Waals surface area contributed by atoms with Crippen molar-refractivity contribution in [1.82, 2.24) is 4.98 Å². The summed E-state index contributed by atoms with van der Waals surface area (Å²) in [5, 5.41) is 10.2. The molecule has 108 valence electrons. The third kappa shape index (κ3) is 2.98. The Kier molecular flexibility index (Phi) is 3.76. The van der Waals surface area contributed by atoms with Gasteiger partial charge in [0.1, 0.15) is 18.2 Å². The van der Waals surface area contributed by atoms with E-state index in [9.17, 15) is 5.26 Å². The second-order valence-electron chi connectivity index (χ2n) is 5.86. The Bertz CT molecular complexity index is 684. The minimum absolute atomic E-state index is 0.279. The zero-order valence-corrected chi connectivity index (χ0v) is 12.0. The van der Waals surface area contributed by atoms with E-state index >= 15 is 0 Å². The van der Waals surface area contributed by atoms with Crippen molar-refractivity contribution in [1.29, 1.82) is 5.26 Å². The van der Waals surface area contributed by atoms with Crippen LogP contribution >= 0.6 is 0 Å². The Morgan fingerprint density at radius 2 is 2.00 bits per heavy atom. The maximum atomic E-state index is 9.28. The van der Waals surface area contributed by atoms with Gasteiger partial charge in [-0.3, -0.25) is 0 Å². The number of para-hydroxylation sites is 1. The molecule has 0 aliphatic heterocycles. The van der Waals surface area contributed by atoms with Gasteiger partial charge in [0.25, 0.3) is 0 Å². The number of fused-ring (bicyclic) bond motifs is 1. The van der Waals surface area contributed by atoms with Gasteiger partial charge < -0.3 is 10.5 Å². The van der Waals surface area contributed by atoms with Gasteiger partial charge in [-0.05, 0) is 25.0 Å². The molecule has 4 nitrogen and oxygen atoms in total. The molecule has 0 saturated heterocycles. The summed E-state index contributed by atoms with van der Waals surface area (Å²) in [5.41, 5.74) is 7.40. The summed E-state index contributed by atoms with van der Waals surface area (Å²) in [7, 11) is 0. The second kappa shape index (κ2) is 5.71. The van der Waals surface area contributed by atoms with Gasteiger partial charge in [-0.1, -0.05) is 37.5 Å². The first-order chi connectivity index (χ1) is 10.2. The average Bonchev–Trinajstić information content (AvgIpc) is 2.53. The zero-order valence-electron chi connectivity index (χ0n) is 12.0. The molecule has 1 saturated carbocycles. The molecule has 0 unspecified atom stereocenters. The van der Waals surface area contributed by atoms with E-state index in [-0.39, 0.29) is 5.54 Å². The highest BCUT2D eigenvalue weighted by Gasteiger charge is 2.28. The Morgan fingerprint density at radius 1 is 1.24 bits per heavy atom. The highest BCUT2D eigenvalue weighted by molar-refractivity contribution is 5.80. The lowest BCUT2D eigenvalue weighted by atomic mass is 9.83. The van der Waals surface area contributed by atoms with Crippen LogP contribution in [0.15, 0.2) is 30.3 Å². The molecule has 1 aromatic carbocycles. The van der Waals surface area contributed by atoms with Crippen LogP contribution in [-0.4, -0.2) is 17.1 Å². The maximum absolute atomic E-state index is 9.28. The van der Waals surface area contributed by atoms with Crippen LogP contribution in [0.5, 0.6) is 5.88 Å². The molecule has 0 atom stereocenters. The van der Waals surface area contributed by atoms with Crippen molar-refractivity contribution in [2.45, 2.75) is 37.6 Å². The van der Waals surface area contributed by atoms with Gasteiger partial charge in [0.15, 0.2) is 0 Å². The van der Waals surface area contributed by atoms with Crippen molar-refractivity contribution >= 4 is 10.9 Å². The molecule has 0 bridgehead atoms. The van der Waals surface area contributed by atoms with Crippen LogP contribution in [0.1, 0.15) is 37.7 Å². The number of hydrogen-bond donors (Lipinski definition) is 1. The number of benzene rings is 1. The highest BCUT2D eigenvalue weighted by Crippen LogP contribution is 2.28. The van der Waals surface area contributed by atoms with Crippen LogP contribution in [0.25, 0.3) is 10.9 Å². The fourth-order valence-corrected chi connectivity index (χ4v) is 2.90. The molecular weight excluding hydrogens is 262 g/mol. The maximum Gasteiger partial charge on any atom is 0.232 e. The molecule has 1 aromatic heterocycles. The number of rotatable bonds is 3. The monoisotopic (exact) mass is 281 g/mol. The van der Waals surface area contributed by atoms with E-state index in [0.29, 0.717) is 18.1 Å². The zero-order chi connectivity index (χ0) is 14.7. The number of ether oxygens (including phenoxy) is 1. The predicted molar refractivity (Wildman–Crippen MR) is 82.0 cm³/mol. The molecule has 21 heavy (non-hydrogen) atoms. The van der Waals surface area contributed by atoms with E-state index in [1.807, 2.05) is 30.3 Å². The summed E-state index contributed by atoms with van der Waals surface area (Å²) >= 11 is 0. The Morgan fingerprint density at radius 3 is 2.76 bits per heavy atom. The largest absolute Gasteiger partial charge is 0.475 e. The lowest BCUT2D eigenvalue weighted by molar-refractivity contribution is 0.169. The quantitative estimate of drug-likeness (QED) is 0.938. The standard InChI is InChI=1S/C17H19N3O/c18-11-14-10-13-6-2-3-7-15(13)20-16(14)21-12-17(19)8-4-1-5-9-17/h2-3,6-7,10H,1,4-5,8-9,12,19H2. The minimum atomic E-state index is -0.279. The van der Waals surface area contributed by atoms with Crippen LogP contribution in [0, 0.1) is 11.3 Å². The molecule has 1 aliphatic carbocycles. The number of hydrogen-bond acceptors (Lipinski definition) is 4. The minimum Gasteiger partial charge on any atom is -0.475 e. The van der Waals surface area contributed by atoms with Crippen molar-refractivity contribution in [2.75, 3.05) is 6.61 Å². The third-order valence-corrected chi connectivity index (χ3v) is 4.16. The smallest absolute Gasteiger partial charge is 0.232 e. The number of nitrogens with zero attached hydrogens (tertiary/aromatic N) is 2. The normalized spacial score (nSPS) is 17.3. The first kappa shape index (κ1) is 13.8. The number of nitriles is 1. The van der Waals surface area contributed by atoms with Crippen LogP contribution in [-0.2, 0) is 0 Å². The van der Waals surface area contributed by atoms with Crippen LogP contribution < -0.4 is 10.5 Å². The van der Waals surface area contributed by atoms with Crippen molar-refractivity contribution in [3.8, 4) is 11.9 Å². The van der Waals surface area contributed by atoms with E-state index in [0.717, 1.165) is 36.6 Å². The molecule has 0 radical (unpaired) electrons. The molecule has 2 aromatic rings. The van der Waals surface area contributed by atoms with E-state index in [1.54, 1.807) is 0 Å². The van der Waals surface area contributed by atoms with E-state index in [2.05, 4.69) is 11.1 Å². The van der Waals surface area contributed by atoms with Gasteiger partial charge in [0, 0.05) is 5.39 Å². The molecule has 3 rings (SSSR count). The third-order valence-electron chi connectivity index (χ3n) is 4.16. The summed E-state index contributed by atoms with van der Waals surface area (Å²) in [4.78, 5) is 4.46. The molecular formula is C17H19N3O. The first-order valence-electron chi connectivity index (χ1n) is 7.42. The summed E-state index contributed by atoms with van der Waals surface area (Å²) in [6.45, 7) is 0.424. The fraction of sp³-hybridized carbons (Fsp3) is 0.412. The SMILES string of the molecule is N#Cc1cc2ccccc2nc1OCC1(N)CCCCC1. The number of pyridine rings is 1. The lowest BCUT2D eigenvalue weighted by Gasteiger charge is -2.32. The molecule has 1 heterocycles. The van der Waals surface area contributed by atoms with Crippen molar-refractivity contribution in [3.63, 3.8) is 0 Å². The topological polar surface area (TPSA) is 71.9 Å². The van der Waals surface area contributed by atoms with Crippen molar-refractivity contribution < 1.29 is 4.74 Å². The molecule has 2 N–H and O–H groups in total. The average molecular weight is 281 g/mol. The van der Waals surface area contributed by atoms with Gasteiger partial charge in [-0.15, -0.1) is 0 Å². The van der Waals surface area contributed by atoms with Gasteiger partial charge in [-0.2, -0.15) is 5.26 Å². The number of aromatic nitrogens is 1. The van der Waals surface area contributed by atoms with Crippen LogP contribution in [0.3, 0.4) is 0 Å².